The summed E-state index contributed by atoms with van der Waals surface area (Å²) in [5.41, 5.74) is 13.4. The molecular weight excluding hydrogens is 184 g/mol. The molecule has 0 bridgehead atoms. The number of rotatable bonds is 2. The summed E-state index contributed by atoms with van der Waals surface area (Å²) in [5.74, 6) is 0. The van der Waals surface area contributed by atoms with Crippen molar-refractivity contribution >= 4 is 0 Å². The molecule has 0 heterocycles. The molecule has 0 spiro atoms. The van der Waals surface area contributed by atoms with Gasteiger partial charge in [0.05, 0.1) is 6.17 Å². The van der Waals surface area contributed by atoms with Crippen LogP contribution >= 0.6 is 0 Å². The van der Waals surface area contributed by atoms with Gasteiger partial charge in [-0.25, -0.2) is 0 Å². The van der Waals surface area contributed by atoms with E-state index in [9.17, 15) is 0 Å². The number of hydrogen-bond acceptors (Lipinski definition) is 2. The summed E-state index contributed by atoms with van der Waals surface area (Å²) >= 11 is 0. The van der Waals surface area contributed by atoms with Crippen LogP contribution in [0.4, 0.5) is 0 Å². The van der Waals surface area contributed by atoms with Gasteiger partial charge in [-0.2, -0.15) is 0 Å². The zero-order valence-corrected chi connectivity index (χ0v) is 9.15. The lowest BCUT2D eigenvalue weighted by Gasteiger charge is -2.40. The molecule has 1 aliphatic rings. The van der Waals surface area contributed by atoms with Crippen molar-refractivity contribution in [2.24, 2.45) is 11.5 Å². The molecular formula is C13H20N2. The Morgan fingerprint density at radius 3 is 2.07 bits per heavy atom. The first-order chi connectivity index (χ1) is 7.26. The lowest BCUT2D eigenvalue weighted by atomic mass is 9.67. The Balaban J connectivity index is 2.34. The zero-order valence-electron chi connectivity index (χ0n) is 9.15. The number of nitrogens with two attached hydrogens (primary N) is 2. The van der Waals surface area contributed by atoms with Gasteiger partial charge in [0, 0.05) is 5.41 Å². The second-order valence-corrected chi connectivity index (χ2v) is 4.61. The van der Waals surface area contributed by atoms with Crippen molar-refractivity contribution in [3.05, 3.63) is 35.9 Å². The Labute approximate surface area is 91.7 Å². The predicted octanol–water partition coefficient (Wildman–Crippen LogP) is 2.13. The molecule has 1 saturated carbocycles. The highest BCUT2D eigenvalue weighted by atomic mass is 14.9. The quantitative estimate of drug-likeness (QED) is 0.725. The third-order valence-corrected chi connectivity index (χ3v) is 3.73. The summed E-state index contributed by atoms with van der Waals surface area (Å²) in [6.45, 7) is 0. The fraction of sp³-hybridized carbons (Fsp3) is 0.538. The Bertz CT molecular complexity index is 300. The molecule has 1 aromatic carbocycles. The van der Waals surface area contributed by atoms with E-state index in [1.54, 1.807) is 0 Å². The van der Waals surface area contributed by atoms with Gasteiger partial charge in [0.2, 0.25) is 0 Å². The molecule has 0 atom stereocenters. The topological polar surface area (TPSA) is 52.0 Å². The molecule has 0 saturated heterocycles. The molecule has 2 heteroatoms. The van der Waals surface area contributed by atoms with Crippen molar-refractivity contribution in [1.82, 2.24) is 0 Å². The van der Waals surface area contributed by atoms with E-state index >= 15 is 0 Å². The molecule has 0 aliphatic heterocycles. The van der Waals surface area contributed by atoms with E-state index in [0.717, 1.165) is 12.8 Å². The third kappa shape index (κ3) is 1.92. The highest BCUT2D eigenvalue weighted by Crippen LogP contribution is 2.40. The van der Waals surface area contributed by atoms with Gasteiger partial charge >= 0.3 is 0 Å². The van der Waals surface area contributed by atoms with Gasteiger partial charge in [0.1, 0.15) is 0 Å². The van der Waals surface area contributed by atoms with Crippen LogP contribution in [0.15, 0.2) is 30.3 Å². The minimum Gasteiger partial charge on any atom is -0.315 e. The third-order valence-electron chi connectivity index (χ3n) is 3.73. The van der Waals surface area contributed by atoms with Crippen molar-refractivity contribution in [2.75, 3.05) is 0 Å². The van der Waals surface area contributed by atoms with Crippen LogP contribution in [0.1, 0.15) is 37.7 Å². The maximum Gasteiger partial charge on any atom is 0.0620 e. The second kappa shape index (κ2) is 4.33. The molecule has 1 fully saturated rings. The largest absolute Gasteiger partial charge is 0.315 e. The second-order valence-electron chi connectivity index (χ2n) is 4.61. The first kappa shape index (κ1) is 10.7. The summed E-state index contributed by atoms with van der Waals surface area (Å²) in [5, 5.41) is 0. The van der Waals surface area contributed by atoms with Crippen LogP contribution in [0.3, 0.4) is 0 Å². The van der Waals surface area contributed by atoms with Gasteiger partial charge in [-0.1, -0.05) is 49.6 Å². The van der Waals surface area contributed by atoms with Gasteiger partial charge < -0.3 is 11.5 Å². The summed E-state index contributed by atoms with van der Waals surface area (Å²) in [7, 11) is 0. The van der Waals surface area contributed by atoms with E-state index in [1.165, 1.54) is 24.8 Å². The highest BCUT2D eigenvalue weighted by molar-refractivity contribution is 5.27. The maximum atomic E-state index is 6.01. The van der Waals surface area contributed by atoms with Crippen LogP contribution in [0, 0.1) is 0 Å². The predicted molar refractivity (Wildman–Crippen MR) is 63.4 cm³/mol. The van der Waals surface area contributed by atoms with E-state index in [-0.39, 0.29) is 11.6 Å². The lowest BCUT2D eigenvalue weighted by Crippen LogP contribution is -2.52. The molecule has 15 heavy (non-hydrogen) atoms. The molecule has 0 radical (unpaired) electrons. The van der Waals surface area contributed by atoms with Crippen molar-refractivity contribution in [1.29, 1.82) is 0 Å². The van der Waals surface area contributed by atoms with Gasteiger partial charge in [0.25, 0.3) is 0 Å². The van der Waals surface area contributed by atoms with Crippen LogP contribution in [-0.4, -0.2) is 6.17 Å². The van der Waals surface area contributed by atoms with Crippen molar-refractivity contribution < 1.29 is 0 Å². The summed E-state index contributed by atoms with van der Waals surface area (Å²) in [6, 6.07) is 10.5. The van der Waals surface area contributed by atoms with Crippen molar-refractivity contribution in [3.8, 4) is 0 Å². The fourth-order valence-corrected chi connectivity index (χ4v) is 2.77. The zero-order chi connectivity index (χ0) is 10.7. The Morgan fingerprint density at radius 2 is 1.53 bits per heavy atom. The minimum absolute atomic E-state index is 0.0273. The Hall–Kier alpha value is -0.860. The van der Waals surface area contributed by atoms with E-state index < -0.39 is 0 Å². The smallest absolute Gasteiger partial charge is 0.0620 e. The Kier molecular flexibility index (Phi) is 3.08. The molecule has 82 valence electrons. The molecule has 2 rings (SSSR count). The maximum absolute atomic E-state index is 6.01. The lowest BCUT2D eigenvalue weighted by molar-refractivity contribution is 0.245. The molecule has 1 aliphatic carbocycles. The standard InChI is InChI=1S/C13H20N2/c14-12(15)13(9-5-2-6-10-13)11-7-3-1-4-8-11/h1,3-4,7-8,12H,2,5-6,9-10,14-15H2. The number of hydrogen-bond donors (Lipinski definition) is 2. The normalized spacial score (nSPS) is 20.5. The molecule has 1 aromatic rings. The fourth-order valence-electron chi connectivity index (χ4n) is 2.77. The van der Waals surface area contributed by atoms with E-state index in [1.807, 2.05) is 6.07 Å². The summed E-state index contributed by atoms with van der Waals surface area (Å²) in [6.07, 6.45) is 5.85. The SMILES string of the molecule is NC(N)C1(c2ccccc2)CCCCC1. The van der Waals surface area contributed by atoms with Gasteiger partial charge in [-0.3, -0.25) is 0 Å². The number of benzene rings is 1. The van der Waals surface area contributed by atoms with Gasteiger partial charge in [-0.05, 0) is 18.4 Å². The van der Waals surface area contributed by atoms with Crippen LogP contribution in [0.25, 0.3) is 0 Å². The van der Waals surface area contributed by atoms with Crippen molar-refractivity contribution in [3.63, 3.8) is 0 Å². The van der Waals surface area contributed by atoms with Crippen LogP contribution in [0.5, 0.6) is 0 Å². The first-order valence-corrected chi connectivity index (χ1v) is 5.82. The molecule has 0 aromatic heterocycles. The molecule has 2 nitrogen and oxygen atoms in total. The van der Waals surface area contributed by atoms with E-state index in [2.05, 4.69) is 24.3 Å². The molecule has 0 amide bonds. The molecule has 0 unspecified atom stereocenters. The highest BCUT2D eigenvalue weighted by Gasteiger charge is 2.37. The first-order valence-electron chi connectivity index (χ1n) is 5.82. The van der Waals surface area contributed by atoms with Crippen LogP contribution in [-0.2, 0) is 5.41 Å². The monoisotopic (exact) mass is 204 g/mol. The van der Waals surface area contributed by atoms with Gasteiger partial charge in [-0.15, -0.1) is 0 Å². The molecule has 4 N–H and O–H groups in total. The summed E-state index contributed by atoms with van der Waals surface area (Å²) in [4.78, 5) is 0. The van der Waals surface area contributed by atoms with E-state index in [0.29, 0.717) is 0 Å². The van der Waals surface area contributed by atoms with Crippen LogP contribution < -0.4 is 11.5 Å². The summed E-state index contributed by atoms with van der Waals surface area (Å²) < 4.78 is 0. The average Bonchev–Trinajstić information content (AvgIpc) is 2.31. The average molecular weight is 204 g/mol. The van der Waals surface area contributed by atoms with Crippen molar-refractivity contribution in [2.45, 2.75) is 43.7 Å². The minimum atomic E-state index is -0.236. The van der Waals surface area contributed by atoms with E-state index in [4.69, 9.17) is 11.5 Å². The Morgan fingerprint density at radius 1 is 0.933 bits per heavy atom. The van der Waals surface area contributed by atoms with Crippen LogP contribution in [0.2, 0.25) is 0 Å². The van der Waals surface area contributed by atoms with Gasteiger partial charge in [0.15, 0.2) is 0 Å².